The van der Waals surface area contributed by atoms with E-state index in [4.69, 9.17) is 0 Å². The molecule has 16 heteroatoms. The Bertz CT molecular complexity index is 1900. The summed E-state index contributed by atoms with van der Waals surface area (Å²) in [7, 11) is 0. The molecule has 8 amide bonds. The van der Waals surface area contributed by atoms with Gasteiger partial charge in [-0.25, -0.2) is 0 Å². The molecule has 0 aromatic carbocycles. The van der Waals surface area contributed by atoms with Crippen LogP contribution in [-0.4, -0.2) is 121 Å². The summed E-state index contributed by atoms with van der Waals surface area (Å²) < 4.78 is 0. The topological polar surface area (TPSA) is 201 Å². The van der Waals surface area contributed by atoms with E-state index in [1.807, 2.05) is 109 Å². The van der Waals surface area contributed by atoms with E-state index in [1.165, 1.54) is 19.6 Å². The number of likely N-dealkylation sites (tertiary alicyclic amines) is 4. The highest BCUT2D eigenvalue weighted by atomic mass is 32.2. The summed E-state index contributed by atoms with van der Waals surface area (Å²) in [5.74, 6) is 1.70. The van der Waals surface area contributed by atoms with Crippen LogP contribution in [0.1, 0.15) is 181 Å². The van der Waals surface area contributed by atoms with Gasteiger partial charge in [-0.05, 0) is 66.9 Å². The minimum atomic E-state index is -0.277. The zero-order valence-corrected chi connectivity index (χ0v) is 48.4. The predicted octanol–water partition coefficient (Wildman–Crippen LogP) is 8.86. The Kier molecular flexibility index (Phi) is 27.1. The van der Waals surface area contributed by atoms with Crippen molar-refractivity contribution < 1.29 is 52.7 Å². The average molecular weight is 1040 g/mol. The average Bonchev–Trinajstić information content (AvgIpc) is 3.97. The van der Waals surface area contributed by atoms with Crippen molar-refractivity contribution in [2.24, 2.45) is 76.9 Å². The Hall–Kier alpha value is -4.08. The van der Waals surface area contributed by atoms with Crippen LogP contribution >= 0.6 is 11.8 Å². The molecule has 4 aliphatic heterocycles. The maximum absolute atomic E-state index is 12.3. The van der Waals surface area contributed by atoms with Crippen molar-refractivity contribution >= 4 is 76.4 Å². The molecule has 4 atom stereocenters. The fourth-order valence-corrected chi connectivity index (χ4v) is 10.5. The number of Topliss-reactive ketones (excluding diaryl/α,β-unsaturated/α-hetero) is 3. The lowest BCUT2D eigenvalue weighted by Crippen LogP contribution is -2.41. The number of nitrogens with zero attached hydrogens (tertiary/aromatic N) is 4. The quantitative estimate of drug-likeness (QED) is 0.0991. The van der Waals surface area contributed by atoms with Gasteiger partial charge in [-0.2, -0.15) is 11.8 Å². The molecule has 4 saturated heterocycles. The van der Waals surface area contributed by atoms with E-state index in [2.05, 4.69) is 13.8 Å². The fourth-order valence-electron chi connectivity index (χ4n) is 9.76. The van der Waals surface area contributed by atoms with E-state index < -0.39 is 0 Å². The number of hydrogen-bond donors (Lipinski definition) is 0. The van der Waals surface area contributed by atoms with Crippen molar-refractivity contribution in [1.29, 1.82) is 0 Å². The van der Waals surface area contributed by atoms with Crippen molar-refractivity contribution in [2.45, 2.75) is 187 Å². The van der Waals surface area contributed by atoms with E-state index in [0.717, 1.165) is 37.9 Å². The first-order valence-electron chi connectivity index (χ1n) is 27.5. The number of ketones is 3. The van der Waals surface area contributed by atoms with Crippen LogP contribution in [0.15, 0.2) is 0 Å². The minimum absolute atomic E-state index is 0.0101. The zero-order chi connectivity index (χ0) is 55.8. The van der Waals surface area contributed by atoms with E-state index in [-0.39, 0.29) is 150 Å². The Balaban J connectivity index is 0.000000343. The first kappa shape index (κ1) is 65.0. The molecule has 73 heavy (non-hydrogen) atoms. The van der Waals surface area contributed by atoms with Crippen molar-refractivity contribution in [3.63, 3.8) is 0 Å². The van der Waals surface area contributed by atoms with Crippen molar-refractivity contribution in [3.05, 3.63) is 0 Å². The lowest BCUT2D eigenvalue weighted by atomic mass is 9.77. The molecule has 4 heterocycles. The Morgan fingerprint density at radius 2 is 0.767 bits per heavy atom. The lowest BCUT2D eigenvalue weighted by Gasteiger charge is -2.30. The van der Waals surface area contributed by atoms with Gasteiger partial charge in [0.05, 0.1) is 0 Å². The fraction of sp³-hybridized carbons (Fsp3) is 0.807. The van der Waals surface area contributed by atoms with Gasteiger partial charge in [0.25, 0.3) is 0 Å². The van der Waals surface area contributed by atoms with Gasteiger partial charge in [0.2, 0.25) is 47.3 Å². The molecule has 0 bridgehead atoms. The Morgan fingerprint density at radius 3 is 1.08 bits per heavy atom. The molecular weight excluding hydrogens is 949 g/mol. The number of thioether (sulfide) groups is 1. The second-order valence-corrected chi connectivity index (χ2v) is 25.2. The first-order chi connectivity index (χ1) is 33.9. The zero-order valence-electron chi connectivity index (χ0n) is 47.6. The third-order valence-corrected chi connectivity index (χ3v) is 16.1. The summed E-state index contributed by atoms with van der Waals surface area (Å²) in [6.45, 7) is 32.7. The van der Waals surface area contributed by atoms with E-state index in [1.54, 1.807) is 0 Å². The third-order valence-electron chi connectivity index (χ3n) is 15.0. The molecule has 0 spiro atoms. The van der Waals surface area contributed by atoms with Crippen LogP contribution in [0.3, 0.4) is 0 Å². The molecule has 0 aromatic rings. The van der Waals surface area contributed by atoms with Crippen LogP contribution in [0.4, 0.5) is 0 Å². The molecule has 0 aromatic heterocycles. The minimum Gasteiger partial charge on any atom is -0.299 e. The van der Waals surface area contributed by atoms with Crippen LogP contribution < -0.4 is 0 Å². The highest BCUT2D eigenvalue weighted by molar-refractivity contribution is 7.99. The molecular formula is C57H94N4O11S. The first-order valence-corrected chi connectivity index (χ1v) is 28.5. The SMILES string of the molecule is CC(C)C(=O)C1CCC(CN2C(=O)CC(C(C)C)C2=O)CC1.CC(C)C(=O)CCCN1C(=O)CC(C(C)C)C1=O.CC(C)C1CC(=O)N(CCN2C(=O)CC(C(C)C)C2=O)C1=O.CC(C)SCCC(=O)C(C)C. The van der Waals surface area contributed by atoms with E-state index >= 15 is 0 Å². The molecule has 5 fully saturated rings. The number of amides is 8. The largest absolute Gasteiger partial charge is 0.299 e. The van der Waals surface area contributed by atoms with Crippen LogP contribution in [0.25, 0.3) is 0 Å². The van der Waals surface area contributed by atoms with Crippen LogP contribution in [0.5, 0.6) is 0 Å². The maximum Gasteiger partial charge on any atom is 0.233 e. The molecule has 1 saturated carbocycles. The summed E-state index contributed by atoms with van der Waals surface area (Å²) in [4.78, 5) is 136. The molecule has 15 nitrogen and oxygen atoms in total. The second kappa shape index (κ2) is 30.5. The summed E-state index contributed by atoms with van der Waals surface area (Å²) in [5, 5.41) is 0.648. The van der Waals surface area contributed by atoms with Gasteiger partial charge in [-0.15, -0.1) is 0 Å². The van der Waals surface area contributed by atoms with Gasteiger partial charge in [-0.3, -0.25) is 72.3 Å². The smallest absolute Gasteiger partial charge is 0.233 e. The van der Waals surface area contributed by atoms with Gasteiger partial charge in [0.1, 0.15) is 17.3 Å². The van der Waals surface area contributed by atoms with Gasteiger partial charge >= 0.3 is 0 Å². The van der Waals surface area contributed by atoms with Crippen molar-refractivity contribution in [2.75, 3.05) is 31.9 Å². The van der Waals surface area contributed by atoms with Crippen LogP contribution in [-0.2, 0) is 52.7 Å². The molecule has 5 aliphatic rings. The van der Waals surface area contributed by atoms with Crippen LogP contribution in [0, 0.1) is 76.9 Å². The third kappa shape index (κ3) is 19.5. The van der Waals surface area contributed by atoms with Gasteiger partial charge in [0, 0.05) is 118 Å². The van der Waals surface area contributed by atoms with Crippen molar-refractivity contribution in [1.82, 2.24) is 19.6 Å². The summed E-state index contributed by atoms with van der Waals surface area (Å²) in [6, 6.07) is 0. The molecule has 5 rings (SSSR count). The molecule has 0 radical (unpaired) electrons. The monoisotopic (exact) mass is 1040 g/mol. The predicted molar refractivity (Wildman–Crippen MR) is 285 cm³/mol. The molecule has 4 unspecified atom stereocenters. The maximum atomic E-state index is 12.3. The lowest BCUT2D eigenvalue weighted by molar-refractivity contribution is -0.145. The highest BCUT2D eigenvalue weighted by Gasteiger charge is 2.44. The molecule has 1 aliphatic carbocycles. The Morgan fingerprint density at radius 1 is 0.438 bits per heavy atom. The summed E-state index contributed by atoms with van der Waals surface area (Å²) >= 11 is 1.86. The van der Waals surface area contributed by atoms with E-state index in [9.17, 15) is 52.7 Å². The van der Waals surface area contributed by atoms with Gasteiger partial charge in [0.15, 0.2) is 0 Å². The van der Waals surface area contributed by atoms with Crippen LogP contribution in [0.2, 0.25) is 0 Å². The Labute approximate surface area is 442 Å². The summed E-state index contributed by atoms with van der Waals surface area (Å²) in [6.07, 6.45) is 6.64. The van der Waals surface area contributed by atoms with E-state index in [0.29, 0.717) is 61.5 Å². The number of carbonyl (C=O) groups is 11. The summed E-state index contributed by atoms with van der Waals surface area (Å²) in [5.41, 5.74) is 0. The van der Waals surface area contributed by atoms with Crippen molar-refractivity contribution in [3.8, 4) is 0 Å². The van der Waals surface area contributed by atoms with Gasteiger partial charge in [-0.1, -0.05) is 111 Å². The molecule has 0 N–H and O–H groups in total. The number of imide groups is 4. The second-order valence-electron chi connectivity index (χ2n) is 23.5. The molecule has 414 valence electrons. The van der Waals surface area contributed by atoms with Gasteiger partial charge < -0.3 is 0 Å². The number of rotatable bonds is 21. The normalized spacial score (nSPS) is 23.6. The number of hydrogen-bond acceptors (Lipinski definition) is 12. The number of carbonyl (C=O) groups excluding carboxylic acids is 11. The standard InChI is InChI=1S/C18H29NO3.C16H24N2O4.C14H23NO3.C9H18OS/c1-11(2)15-9-16(20)19(18(15)22)10-13-5-7-14(8-6-13)17(21)12(3)4;1-9(2)11-7-13(19)17(15(11)21)5-6-18-14(20)8-12(10(3)4)16(18)22;1-9(2)11-8-13(17)15(14(11)18)7-5-6-12(16)10(3)4;1-7(2)9(10)5-6-11-8(3)4/h11-15H,5-10H2,1-4H3;9-12H,5-8H2,1-4H3;9-11H,5-8H2,1-4H3;7-8H,5-6H2,1-4H3. The highest BCUT2D eigenvalue weighted by Crippen LogP contribution is 2.35.